The second-order valence-electron chi connectivity index (χ2n) is 20.1. The Balaban J connectivity index is 0. The maximum absolute atomic E-state index is 12.9. The number of ketones is 2. The first-order valence-corrected chi connectivity index (χ1v) is 31.2. The number of rotatable bonds is 56. The smallest absolute Gasteiger partial charge is 0.326 e. The van der Waals surface area contributed by atoms with Crippen LogP contribution in [-0.4, -0.2) is 181 Å². The molecule has 81 heavy (non-hydrogen) atoms. The van der Waals surface area contributed by atoms with E-state index in [0.717, 1.165) is 44.9 Å². The Kier molecular flexibility index (Phi) is 53.1. The van der Waals surface area contributed by atoms with Crippen LogP contribution in [0.25, 0.3) is 0 Å². The van der Waals surface area contributed by atoms with E-state index in [2.05, 4.69) is 32.1 Å². The molecule has 0 aromatic rings. The van der Waals surface area contributed by atoms with Crippen molar-refractivity contribution in [3.63, 3.8) is 0 Å². The molecule has 0 aliphatic rings. The van der Waals surface area contributed by atoms with Crippen molar-refractivity contribution in [2.45, 2.75) is 212 Å². The number of carboxylic acid groups (broad SMARTS) is 2. The van der Waals surface area contributed by atoms with E-state index in [1.807, 2.05) is 20.8 Å². The highest BCUT2D eigenvalue weighted by molar-refractivity contribution is 7.84. The number of hydrogen-bond acceptors (Lipinski definition) is 17. The van der Waals surface area contributed by atoms with Gasteiger partial charge in [-0.15, -0.1) is 0 Å². The lowest BCUT2D eigenvalue weighted by molar-refractivity contribution is -0.142. The summed E-state index contributed by atoms with van der Waals surface area (Å²) in [6.07, 6.45) is 21.0. The largest absolute Gasteiger partial charge is 0.481 e. The van der Waals surface area contributed by atoms with Gasteiger partial charge < -0.3 is 56.0 Å². The Hall–Kier alpha value is -4.50. The van der Waals surface area contributed by atoms with Gasteiger partial charge in [-0.05, 0) is 65.2 Å². The molecule has 0 saturated heterocycles. The van der Waals surface area contributed by atoms with E-state index in [0.29, 0.717) is 84.5 Å². The van der Waals surface area contributed by atoms with Gasteiger partial charge in [-0.1, -0.05) is 97.3 Å². The standard InChI is InChI=1S/C30H58N6O11S.C26H47NO6/c1-5-23(25(38)19-34-24(10-18-48(4)43)30(42)36-35-28(22(3)37)29(31)41)9-7-8-11-32-26(39)20-47-17-15-45-13-12-33-27(40)21-46-16-14-44-6-2;1-2-17-22(28)20-21-23(26(32)33)27-24(29)18-15-13-11-9-7-5-3-4-6-8-10-12-14-16-19-25(30)31/h22-24,28,34-35,37H,5-21H2,1-4H3,(H2,31,41)(H,32,39)(H,33,40)(H,36,42);23H,2-21H2,1H3,(H,27,29)(H,30,31)(H,32,33)/t22-,23+,24+,28+,48?;23-/m10/s1. The molecule has 11 N–H and O–H groups in total. The van der Waals surface area contributed by atoms with Crippen LogP contribution in [0.4, 0.5) is 0 Å². The molecule has 5 amide bonds. The summed E-state index contributed by atoms with van der Waals surface area (Å²) in [5, 5.41) is 38.4. The van der Waals surface area contributed by atoms with E-state index in [1.54, 1.807) is 0 Å². The van der Waals surface area contributed by atoms with E-state index in [-0.39, 0.29) is 93.2 Å². The maximum Gasteiger partial charge on any atom is 0.326 e. The predicted octanol–water partition coefficient (Wildman–Crippen LogP) is 3.68. The Morgan fingerprint density at radius 3 is 1.60 bits per heavy atom. The van der Waals surface area contributed by atoms with Gasteiger partial charge in [0.15, 0.2) is 0 Å². The number of hydrogen-bond donors (Lipinski definition) is 10. The van der Waals surface area contributed by atoms with Crippen molar-refractivity contribution in [3.05, 3.63) is 0 Å². The molecule has 0 aromatic heterocycles. The minimum atomic E-state index is -1.21. The fourth-order valence-corrected chi connectivity index (χ4v) is 8.64. The summed E-state index contributed by atoms with van der Waals surface area (Å²) < 4.78 is 32.6. The summed E-state index contributed by atoms with van der Waals surface area (Å²) in [5.41, 5.74) is 9.97. The molecule has 0 rings (SSSR count). The molecule has 1 unspecified atom stereocenters. The van der Waals surface area contributed by atoms with Crippen LogP contribution in [0.1, 0.15) is 188 Å². The van der Waals surface area contributed by atoms with E-state index < -0.39 is 58.8 Å². The molecule has 0 aliphatic carbocycles. The molecular weight excluding hydrogens is 1070 g/mol. The van der Waals surface area contributed by atoms with Crippen LogP contribution < -0.4 is 37.9 Å². The summed E-state index contributed by atoms with van der Waals surface area (Å²) in [5.74, 6) is -4.03. The van der Waals surface area contributed by atoms with Crippen LogP contribution in [0.3, 0.4) is 0 Å². The number of aliphatic carboxylic acids is 2. The monoisotopic (exact) mass is 1180 g/mol. The van der Waals surface area contributed by atoms with Gasteiger partial charge in [0, 0.05) is 74.1 Å². The van der Waals surface area contributed by atoms with Crippen LogP contribution in [-0.2, 0) is 72.9 Å². The Labute approximate surface area is 484 Å². The number of carbonyl (C=O) groups is 9. The molecule has 6 atom stereocenters. The summed E-state index contributed by atoms with van der Waals surface area (Å²) >= 11 is 0. The van der Waals surface area contributed by atoms with Crippen LogP contribution in [0, 0.1) is 5.92 Å². The highest BCUT2D eigenvalue weighted by atomic mass is 32.2. The molecule has 0 heterocycles. The van der Waals surface area contributed by atoms with E-state index in [9.17, 15) is 57.6 Å². The maximum atomic E-state index is 12.9. The Morgan fingerprint density at radius 2 is 1.11 bits per heavy atom. The lowest BCUT2D eigenvalue weighted by Gasteiger charge is -2.23. The third-order valence-corrected chi connectivity index (χ3v) is 13.6. The molecule has 0 bridgehead atoms. The average molecular weight is 1180 g/mol. The fraction of sp³-hybridized carbons (Fsp3) is 0.839. The minimum Gasteiger partial charge on any atom is -0.481 e. The number of Topliss-reactive ketones (excluding diaryl/α,β-unsaturated/α-hetero) is 2. The number of aliphatic hydroxyl groups is 1. The molecule has 24 nitrogen and oxygen atoms in total. The number of carboxylic acids is 2. The average Bonchev–Trinajstić information content (AvgIpc) is 3.41. The first-order chi connectivity index (χ1) is 38.8. The number of carbonyl (C=O) groups excluding carboxylic acids is 7. The summed E-state index contributed by atoms with van der Waals surface area (Å²) in [4.78, 5) is 106. The summed E-state index contributed by atoms with van der Waals surface area (Å²) in [6.45, 7) is 9.75. The summed E-state index contributed by atoms with van der Waals surface area (Å²) in [6, 6.07) is -3.06. The van der Waals surface area contributed by atoms with Crippen molar-refractivity contribution >= 4 is 63.8 Å². The van der Waals surface area contributed by atoms with Gasteiger partial charge in [0.25, 0.3) is 5.91 Å². The number of primary amides is 1. The van der Waals surface area contributed by atoms with Gasteiger partial charge in [-0.3, -0.25) is 53.3 Å². The topological polar surface area (TPSA) is 367 Å². The van der Waals surface area contributed by atoms with Crippen LogP contribution in [0.15, 0.2) is 0 Å². The molecule has 0 aromatic carbocycles. The van der Waals surface area contributed by atoms with E-state index in [1.165, 1.54) is 64.5 Å². The SMILES string of the molecule is CCCC(=O)CC[C@H](NC(=O)CCCCCCCCCCCCCCCCC(=O)O)C(=O)O.CCOCCOCC(=O)NCCOCCOCC(=O)NCCCC[C@H](CC)C(=O)CN[C@@H](CCS(C)=O)C(=O)NN[C@H](C(N)=O)[C@@H](C)O. The van der Waals surface area contributed by atoms with Gasteiger partial charge in [0.2, 0.25) is 23.6 Å². The van der Waals surface area contributed by atoms with Crippen LogP contribution in [0.2, 0.25) is 0 Å². The number of unbranched alkanes of at least 4 members (excludes halogenated alkanes) is 14. The van der Waals surface area contributed by atoms with Gasteiger partial charge >= 0.3 is 11.9 Å². The molecular formula is C56H105N7O17S. The van der Waals surface area contributed by atoms with Gasteiger partial charge in [0.05, 0.1) is 51.7 Å². The molecule has 472 valence electrons. The first kappa shape index (κ1) is 78.6. The van der Waals surface area contributed by atoms with Gasteiger partial charge in [0.1, 0.15) is 36.9 Å². The third-order valence-electron chi connectivity index (χ3n) is 12.8. The zero-order chi connectivity index (χ0) is 60.9. The predicted molar refractivity (Wildman–Crippen MR) is 309 cm³/mol. The molecule has 0 radical (unpaired) electrons. The number of hydrazine groups is 1. The Morgan fingerprint density at radius 1 is 0.580 bits per heavy atom. The van der Waals surface area contributed by atoms with Crippen molar-refractivity contribution < 1.29 is 81.6 Å². The van der Waals surface area contributed by atoms with Gasteiger partial charge in [-0.2, -0.15) is 0 Å². The van der Waals surface area contributed by atoms with E-state index >= 15 is 0 Å². The highest BCUT2D eigenvalue weighted by Gasteiger charge is 2.26. The number of nitrogens with two attached hydrogens (primary N) is 1. The molecule has 25 heteroatoms. The zero-order valence-electron chi connectivity index (χ0n) is 49.6. The molecule has 0 aliphatic heterocycles. The van der Waals surface area contributed by atoms with Crippen molar-refractivity contribution in [2.24, 2.45) is 11.7 Å². The first-order valence-electron chi connectivity index (χ1n) is 29.5. The highest BCUT2D eigenvalue weighted by Crippen LogP contribution is 2.16. The lowest BCUT2D eigenvalue weighted by Crippen LogP contribution is -2.58. The number of amides is 5. The van der Waals surface area contributed by atoms with Crippen molar-refractivity contribution in [3.8, 4) is 0 Å². The second-order valence-corrected chi connectivity index (χ2v) is 21.6. The van der Waals surface area contributed by atoms with Crippen LogP contribution in [0.5, 0.6) is 0 Å². The molecule has 0 spiro atoms. The normalized spacial score (nSPS) is 13.3. The van der Waals surface area contributed by atoms with Crippen molar-refractivity contribution in [1.82, 2.24) is 32.1 Å². The minimum absolute atomic E-state index is 0.0406. The zero-order valence-corrected chi connectivity index (χ0v) is 50.4. The molecule has 0 fully saturated rings. The van der Waals surface area contributed by atoms with Gasteiger partial charge in [-0.25, -0.2) is 10.2 Å². The van der Waals surface area contributed by atoms with E-state index in [4.69, 9.17) is 29.8 Å². The lowest BCUT2D eigenvalue weighted by atomic mass is 9.94. The number of ether oxygens (including phenoxy) is 4. The quantitative estimate of drug-likeness (QED) is 0.0307. The number of nitrogens with one attached hydrogen (secondary N) is 6. The van der Waals surface area contributed by atoms with Crippen molar-refractivity contribution in [2.75, 3.05) is 84.5 Å². The Bertz CT molecular complexity index is 1750. The summed E-state index contributed by atoms with van der Waals surface area (Å²) in [7, 11) is -1.17. The fourth-order valence-electron chi connectivity index (χ4n) is 8.07. The molecule has 0 saturated carbocycles. The van der Waals surface area contributed by atoms with Crippen LogP contribution >= 0.6 is 0 Å². The third kappa shape index (κ3) is 50.9. The number of aliphatic hydroxyl groups excluding tert-OH is 1. The second kappa shape index (κ2) is 54.7. The van der Waals surface area contributed by atoms with Crippen molar-refractivity contribution in [1.29, 1.82) is 0 Å².